The van der Waals surface area contributed by atoms with Crippen LogP contribution in [-0.2, 0) is 6.18 Å². The second-order valence-corrected chi connectivity index (χ2v) is 8.25. The van der Waals surface area contributed by atoms with Crippen LogP contribution in [0.25, 0.3) is 22.5 Å². The molecule has 182 valence electrons. The molecule has 0 spiro atoms. The molecule has 0 aliphatic carbocycles. The number of benzene rings is 3. The Morgan fingerprint density at radius 1 is 0.833 bits per heavy atom. The van der Waals surface area contributed by atoms with Gasteiger partial charge in [-0.2, -0.15) is 13.2 Å². The lowest BCUT2D eigenvalue weighted by molar-refractivity contribution is -0.137. The van der Waals surface area contributed by atoms with Gasteiger partial charge in [-0.15, -0.1) is 0 Å². The predicted molar refractivity (Wildman–Crippen MR) is 127 cm³/mol. The first-order valence-corrected chi connectivity index (χ1v) is 11.2. The van der Waals surface area contributed by atoms with E-state index in [-0.39, 0.29) is 34.2 Å². The van der Waals surface area contributed by atoms with Gasteiger partial charge in [0.1, 0.15) is 17.5 Å². The number of nitrogens with zero attached hydrogens (tertiary/aromatic N) is 3. The lowest BCUT2D eigenvalue weighted by atomic mass is 10.0. The Morgan fingerprint density at radius 3 is 2.25 bits per heavy atom. The summed E-state index contributed by atoms with van der Waals surface area (Å²) in [5.74, 6) is -1.38. The lowest BCUT2D eigenvalue weighted by Crippen LogP contribution is -2.15. The summed E-state index contributed by atoms with van der Waals surface area (Å²) in [7, 11) is 0. The number of aliphatic imine (C=N–C) groups is 1. The number of aromatic nitrogens is 2. The lowest BCUT2D eigenvalue weighted by Gasteiger charge is -2.15. The maximum Gasteiger partial charge on any atom is 0.417 e. The first-order valence-electron chi connectivity index (χ1n) is 11.2. The summed E-state index contributed by atoms with van der Waals surface area (Å²) in [5, 5.41) is 2.91. The number of hydrogen-bond acceptors (Lipinski definition) is 4. The molecule has 1 aliphatic rings. The van der Waals surface area contributed by atoms with Crippen molar-refractivity contribution in [2.75, 3.05) is 5.32 Å². The average Bonchev–Trinajstić information content (AvgIpc) is 3.21. The van der Waals surface area contributed by atoms with Crippen LogP contribution in [0.4, 0.5) is 27.9 Å². The van der Waals surface area contributed by atoms with E-state index in [1.807, 2.05) is 13.0 Å². The number of amidine groups is 1. The van der Waals surface area contributed by atoms with Gasteiger partial charge in [-0.3, -0.25) is 4.99 Å². The zero-order chi connectivity index (χ0) is 25.4. The Hall–Kier alpha value is -4.14. The third-order valence-corrected chi connectivity index (χ3v) is 5.89. The van der Waals surface area contributed by atoms with Crippen molar-refractivity contribution in [1.82, 2.24) is 9.97 Å². The van der Waals surface area contributed by atoms with Gasteiger partial charge in [0.15, 0.2) is 0 Å². The predicted octanol–water partition coefficient (Wildman–Crippen LogP) is 7.43. The van der Waals surface area contributed by atoms with Crippen molar-refractivity contribution >= 4 is 11.8 Å². The number of anilines is 1. The van der Waals surface area contributed by atoms with Crippen molar-refractivity contribution in [1.29, 1.82) is 0 Å². The van der Waals surface area contributed by atoms with Gasteiger partial charge in [-0.25, -0.2) is 18.7 Å². The van der Waals surface area contributed by atoms with Gasteiger partial charge in [0, 0.05) is 28.3 Å². The van der Waals surface area contributed by atoms with Crippen LogP contribution in [0, 0.1) is 11.6 Å². The van der Waals surface area contributed by atoms with Crippen molar-refractivity contribution in [2.45, 2.75) is 25.6 Å². The van der Waals surface area contributed by atoms with Gasteiger partial charge in [0.25, 0.3) is 0 Å². The fourth-order valence-electron chi connectivity index (χ4n) is 4.26. The monoisotopic (exact) mass is 494 g/mol. The maximum atomic E-state index is 14.5. The van der Waals surface area contributed by atoms with Gasteiger partial charge >= 0.3 is 6.18 Å². The van der Waals surface area contributed by atoms with Crippen LogP contribution < -0.4 is 5.32 Å². The number of hydrogen-bond donors (Lipinski definition) is 1. The van der Waals surface area contributed by atoms with Crippen LogP contribution >= 0.6 is 0 Å². The van der Waals surface area contributed by atoms with Crippen LogP contribution in [0.2, 0.25) is 0 Å². The van der Waals surface area contributed by atoms with Crippen molar-refractivity contribution in [3.63, 3.8) is 0 Å². The normalized spacial score (nSPS) is 14.9. The standard InChI is InChI=1S/C27H19F5N4/c1-2-21-24-18(12-16(28)13-20(24)29)25(33-21)36-26-34-22(15-8-4-3-5-9-15)14-23(35-26)17-10-6-7-11-19(17)27(30,31)32/h3-14,21H,2H2,1H3,(H,33,34,35,36). The summed E-state index contributed by atoms with van der Waals surface area (Å²) >= 11 is 0. The molecule has 5 rings (SSSR count). The second-order valence-electron chi connectivity index (χ2n) is 8.25. The van der Waals surface area contributed by atoms with E-state index in [9.17, 15) is 22.0 Å². The van der Waals surface area contributed by atoms with Gasteiger partial charge < -0.3 is 5.32 Å². The fourth-order valence-corrected chi connectivity index (χ4v) is 4.26. The first kappa shape index (κ1) is 23.6. The number of rotatable bonds is 4. The largest absolute Gasteiger partial charge is 0.417 e. The quantitative estimate of drug-likeness (QED) is 0.300. The third-order valence-electron chi connectivity index (χ3n) is 5.89. The molecule has 0 saturated heterocycles. The molecule has 0 bridgehead atoms. The van der Waals surface area contributed by atoms with Crippen LogP contribution in [0.1, 0.15) is 36.1 Å². The number of nitrogens with one attached hydrogen (secondary N) is 1. The fraction of sp³-hybridized carbons (Fsp3) is 0.148. The molecule has 1 aliphatic heterocycles. The summed E-state index contributed by atoms with van der Waals surface area (Å²) in [6.07, 6.45) is -4.13. The summed E-state index contributed by atoms with van der Waals surface area (Å²) in [4.78, 5) is 13.3. The van der Waals surface area contributed by atoms with E-state index >= 15 is 0 Å². The minimum atomic E-state index is -4.60. The van der Waals surface area contributed by atoms with E-state index in [1.54, 1.807) is 24.3 Å². The average molecular weight is 494 g/mol. The van der Waals surface area contributed by atoms with E-state index in [1.165, 1.54) is 30.3 Å². The van der Waals surface area contributed by atoms with Crippen LogP contribution in [0.3, 0.4) is 0 Å². The molecule has 3 aromatic carbocycles. The highest BCUT2D eigenvalue weighted by Gasteiger charge is 2.34. The van der Waals surface area contributed by atoms with Gasteiger partial charge in [-0.1, -0.05) is 55.5 Å². The Morgan fingerprint density at radius 2 is 1.53 bits per heavy atom. The molecule has 4 aromatic rings. The van der Waals surface area contributed by atoms with Gasteiger partial charge in [0.2, 0.25) is 5.95 Å². The molecule has 0 radical (unpaired) electrons. The summed E-state index contributed by atoms with van der Waals surface area (Å²) in [5.41, 5.74) is 0.587. The Balaban J connectivity index is 1.65. The van der Waals surface area contributed by atoms with E-state index in [4.69, 9.17) is 0 Å². The molecule has 1 N–H and O–H groups in total. The highest BCUT2D eigenvalue weighted by Crippen LogP contribution is 2.38. The number of alkyl halides is 3. The second kappa shape index (κ2) is 9.14. The molecular weight excluding hydrogens is 475 g/mol. The molecule has 2 heterocycles. The molecule has 36 heavy (non-hydrogen) atoms. The zero-order valence-electron chi connectivity index (χ0n) is 18.9. The summed E-state index contributed by atoms with van der Waals surface area (Å²) < 4.78 is 69.9. The SMILES string of the molecule is CCC1N=C(Nc2nc(-c3ccccc3)cc(-c3ccccc3C(F)(F)F)n2)c2cc(F)cc(F)c21. The first-order chi connectivity index (χ1) is 17.2. The molecule has 1 aromatic heterocycles. The van der Waals surface area contributed by atoms with Gasteiger partial charge in [0.05, 0.1) is 23.0 Å². The minimum Gasteiger partial charge on any atom is -0.309 e. The Bertz CT molecular complexity index is 1470. The summed E-state index contributed by atoms with van der Waals surface area (Å²) in [6.45, 7) is 1.82. The zero-order valence-corrected chi connectivity index (χ0v) is 18.9. The molecule has 4 nitrogen and oxygen atoms in total. The number of fused-ring (bicyclic) bond motifs is 1. The Kier molecular flexibility index (Phi) is 5.99. The van der Waals surface area contributed by atoms with Crippen molar-refractivity contribution in [3.05, 3.63) is 101 Å². The van der Waals surface area contributed by atoms with Gasteiger partial charge in [-0.05, 0) is 24.6 Å². The van der Waals surface area contributed by atoms with E-state index in [0.717, 1.165) is 12.1 Å². The van der Waals surface area contributed by atoms with Crippen molar-refractivity contribution in [3.8, 4) is 22.5 Å². The molecular formula is C27H19F5N4. The highest BCUT2D eigenvalue weighted by molar-refractivity contribution is 6.10. The molecule has 1 atom stereocenters. The maximum absolute atomic E-state index is 14.5. The smallest absolute Gasteiger partial charge is 0.309 e. The van der Waals surface area contributed by atoms with E-state index in [2.05, 4.69) is 20.3 Å². The molecule has 0 saturated carbocycles. The van der Waals surface area contributed by atoms with E-state index < -0.39 is 29.4 Å². The van der Waals surface area contributed by atoms with E-state index in [0.29, 0.717) is 17.7 Å². The molecule has 0 amide bonds. The van der Waals surface area contributed by atoms with Crippen molar-refractivity contribution in [2.24, 2.45) is 4.99 Å². The Labute approximate surface area is 203 Å². The third kappa shape index (κ3) is 4.44. The number of halogens is 5. The molecule has 0 fully saturated rings. The molecule has 1 unspecified atom stereocenters. The topological polar surface area (TPSA) is 50.2 Å². The minimum absolute atomic E-state index is 0.0376. The highest BCUT2D eigenvalue weighted by atomic mass is 19.4. The van der Waals surface area contributed by atoms with Crippen molar-refractivity contribution < 1.29 is 22.0 Å². The van der Waals surface area contributed by atoms with Crippen LogP contribution in [-0.4, -0.2) is 15.8 Å². The van der Waals surface area contributed by atoms with Crippen LogP contribution in [0.5, 0.6) is 0 Å². The summed E-state index contributed by atoms with van der Waals surface area (Å²) in [6, 6.07) is 16.9. The van der Waals surface area contributed by atoms with Crippen LogP contribution in [0.15, 0.2) is 77.8 Å². The molecule has 9 heteroatoms.